The number of aromatic nitrogens is 5. The molecule has 39 heavy (non-hydrogen) atoms. The van der Waals surface area contributed by atoms with E-state index in [1.54, 1.807) is 25.6 Å². The molecule has 6 aromatic rings. The zero-order chi connectivity index (χ0) is 26.6. The summed E-state index contributed by atoms with van der Waals surface area (Å²) in [7, 11) is 1.65. The number of nitrogens with one attached hydrogen (secondary N) is 1. The maximum atomic E-state index is 6.09. The van der Waals surface area contributed by atoms with E-state index in [2.05, 4.69) is 30.5 Å². The molecule has 0 atom stereocenters. The highest BCUT2D eigenvalue weighted by Crippen LogP contribution is 2.36. The quantitative estimate of drug-likeness (QED) is 0.254. The number of fused-ring (bicyclic) bond motifs is 1. The Hall–Kier alpha value is -5.57. The Morgan fingerprint density at radius 3 is 2.31 bits per heavy atom. The molecule has 0 radical (unpaired) electrons. The van der Waals surface area contributed by atoms with Crippen LogP contribution >= 0.6 is 0 Å². The van der Waals surface area contributed by atoms with Gasteiger partial charge in [0.25, 0.3) is 0 Å². The molecule has 6 rings (SSSR count). The van der Waals surface area contributed by atoms with E-state index in [0.717, 1.165) is 33.5 Å². The molecule has 0 unspecified atom stereocenters. The molecular weight excluding hydrogens is 490 g/mol. The summed E-state index contributed by atoms with van der Waals surface area (Å²) in [5.41, 5.74) is 9.58. The van der Waals surface area contributed by atoms with Gasteiger partial charge in [-0.3, -0.25) is 0 Å². The highest BCUT2D eigenvalue weighted by atomic mass is 16.5. The van der Waals surface area contributed by atoms with Gasteiger partial charge in [-0.05, 0) is 54.6 Å². The molecule has 0 saturated heterocycles. The summed E-state index contributed by atoms with van der Waals surface area (Å²) in [5, 5.41) is 14.4. The average Bonchev–Trinajstić information content (AvgIpc) is 2.98. The number of nitrogens with two attached hydrogens (primary N) is 1. The van der Waals surface area contributed by atoms with E-state index in [4.69, 9.17) is 15.2 Å². The number of pyridine rings is 1. The standard InChI is InChI=1S/C30H23N7O2/c1-38-26-11-5-4-9-24(26)27-21-7-2-3-8-22(21)28(37-36-27)34-19-12-14-20(15-13-19)39-29-23(10-6-17-32-29)25-16-18-33-30(31)35-25/h2-18H,1H3,(H,34,37)(H2,31,33,35). The van der Waals surface area contributed by atoms with Crippen LogP contribution in [-0.2, 0) is 0 Å². The number of nitrogens with zero attached hydrogens (tertiary/aromatic N) is 5. The first-order chi connectivity index (χ1) is 19.2. The second-order valence-electron chi connectivity index (χ2n) is 8.55. The number of para-hydroxylation sites is 1. The van der Waals surface area contributed by atoms with Crippen molar-refractivity contribution in [2.75, 3.05) is 18.2 Å². The predicted molar refractivity (Wildman–Crippen MR) is 151 cm³/mol. The average molecular weight is 514 g/mol. The Morgan fingerprint density at radius 1 is 0.718 bits per heavy atom. The number of nitrogen functional groups attached to an aromatic ring is 1. The molecule has 0 amide bonds. The van der Waals surface area contributed by atoms with Gasteiger partial charge in [-0.1, -0.05) is 36.4 Å². The van der Waals surface area contributed by atoms with Gasteiger partial charge in [-0.15, -0.1) is 10.2 Å². The number of hydrogen-bond donors (Lipinski definition) is 2. The first kappa shape index (κ1) is 23.8. The summed E-state index contributed by atoms with van der Waals surface area (Å²) >= 11 is 0. The van der Waals surface area contributed by atoms with Crippen LogP contribution in [0.4, 0.5) is 17.5 Å². The second kappa shape index (κ2) is 10.4. The van der Waals surface area contributed by atoms with Crippen molar-refractivity contribution < 1.29 is 9.47 Å². The van der Waals surface area contributed by atoms with Crippen molar-refractivity contribution >= 4 is 28.2 Å². The van der Waals surface area contributed by atoms with E-state index in [1.807, 2.05) is 84.9 Å². The molecule has 0 aliphatic heterocycles. The lowest BCUT2D eigenvalue weighted by atomic mass is 10.0. The molecular formula is C30H23N7O2. The zero-order valence-electron chi connectivity index (χ0n) is 20.9. The molecule has 0 aliphatic rings. The minimum Gasteiger partial charge on any atom is -0.496 e. The van der Waals surface area contributed by atoms with Crippen LogP contribution in [0, 0.1) is 0 Å². The predicted octanol–water partition coefficient (Wildman–Crippen LogP) is 6.28. The SMILES string of the molecule is COc1ccccc1-c1nnc(Nc2ccc(Oc3ncccc3-c3ccnc(N)n3)cc2)c2ccccc12. The highest BCUT2D eigenvalue weighted by molar-refractivity contribution is 6.01. The van der Waals surface area contributed by atoms with Crippen LogP contribution in [-0.4, -0.2) is 32.3 Å². The molecule has 190 valence electrons. The fourth-order valence-electron chi connectivity index (χ4n) is 4.28. The van der Waals surface area contributed by atoms with Crippen molar-refractivity contribution in [2.45, 2.75) is 0 Å². The van der Waals surface area contributed by atoms with Gasteiger partial charge in [-0.25, -0.2) is 15.0 Å². The molecule has 9 heteroatoms. The Bertz CT molecular complexity index is 1770. The van der Waals surface area contributed by atoms with Gasteiger partial charge < -0.3 is 20.5 Å². The third-order valence-corrected chi connectivity index (χ3v) is 6.10. The number of methoxy groups -OCH3 is 1. The van der Waals surface area contributed by atoms with E-state index in [9.17, 15) is 0 Å². The summed E-state index contributed by atoms with van der Waals surface area (Å²) < 4.78 is 11.6. The monoisotopic (exact) mass is 513 g/mol. The Balaban J connectivity index is 1.27. The van der Waals surface area contributed by atoms with Crippen LogP contribution in [0.5, 0.6) is 17.4 Å². The number of ether oxygens (including phenoxy) is 2. The Labute approximate surface area is 224 Å². The molecule has 0 aliphatic carbocycles. The van der Waals surface area contributed by atoms with Gasteiger partial charge in [0.05, 0.1) is 18.4 Å². The van der Waals surface area contributed by atoms with E-state index in [-0.39, 0.29) is 5.95 Å². The van der Waals surface area contributed by atoms with Gasteiger partial charge in [0.15, 0.2) is 5.82 Å². The first-order valence-corrected chi connectivity index (χ1v) is 12.2. The van der Waals surface area contributed by atoms with Crippen LogP contribution < -0.4 is 20.5 Å². The second-order valence-corrected chi connectivity index (χ2v) is 8.55. The molecule has 9 nitrogen and oxygen atoms in total. The van der Waals surface area contributed by atoms with Gasteiger partial charge in [0.2, 0.25) is 11.8 Å². The number of rotatable bonds is 7. The van der Waals surface area contributed by atoms with Crippen LogP contribution in [0.3, 0.4) is 0 Å². The third kappa shape index (κ3) is 4.88. The lowest BCUT2D eigenvalue weighted by molar-refractivity contribution is 0.416. The summed E-state index contributed by atoms with van der Waals surface area (Å²) in [4.78, 5) is 12.6. The highest BCUT2D eigenvalue weighted by Gasteiger charge is 2.15. The van der Waals surface area contributed by atoms with Crippen molar-refractivity contribution in [3.05, 3.63) is 103 Å². The van der Waals surface area contributed by atoms with E-state index < -0.39 is 0 Å². The van der Waals surface area contributed by atoms with Crippen LogP contribution in [0.15, 0.2) is 103 Å². The molecule has 3 aromatic carbocycles. The van der Waals surface area contributed by atoms with E-state index in [0.29, 0.717) is 28.7 Å². The van der Waals surface area contributed by atoms with Gasteiger partial charge in [0.1, 0.15) is 17.2 Å². The fraction of sp³-hybridized carbons (Fsp3) is 0.0333. The molecule has 0 fully saturated rings. The summed E-state index contributed by atoms with van der Waals surface area (Å²) in [5.74, 6) is 2.60. The topological polar surface area (TPSA) is 121 Å². The van der Waals surface area contributed by atoms with Gasteiger partial charge in [0, 0.05) is 34.4 Å². The first-order valence-electron chi connectivity index (χ1n) is 12.2. The van der Waals surface area contributed by atoms with Crippen molar-refractivity contribution in [1.82, 2.24) is 25.1 Å². The number of hydrogen-bond acceptors (Lipinski definition) is 9. The largest absolute Gasteiger partial charge is 0.496 e. The molecule has 3 N–H and O–H groups in total. The van der Waals surface area contributed by atoms with Crippen molar-refractivity contribution in [3.63, 3.8) is 0 Å². The fourth-order valence-corrected chi connectivity index (χ4v) is 4.28. The molecule has 0 bridgehead atoms. The normalized spacial score (nSPS) is 10.8. The lowest BCUT2D eigenvalue weighted by Crippen LogP contribution is -2.00. The minimum atomic E-state index is 0.185. The molecule has 0 saturated carbocycles. The third-order valence-electron chi connectivity index (χ3n) is 6.10. The maximum Gasteiger partial charge on any atom is 0.228 e. The summed E-state index contributed by atoms with van der Waals surface area (Å²) in [6.45, 7) is 0. The zero-order valence-corrected chi connectivity index (χ0v) is 20.9. The molecule has 3 heterocycles. The van der Waals surface area contributed by atoms with Gasteiger partial charge >= 0.3 is 0 Å². The summed E-state index contributed by atoms with van der Waals surface area (Å²) in [6, 6.07) is 28.8. The summed E-state index contributed by atoms with van der Waals surface area (Å²) in [6.07, 6.45) is 3.27. The van der Waals surface area contributed by atoms with Crippen LogP contribution in [0.2, 0.25) is 0 Å². The molecule has 0 spiro atoms. The van der Waals surface area contributed by atoms with Gasteiger partial charge in [-0.2, -0.15) is 0 Å². The smallest absolute Gasteiger partial charge is 0.228 e. The van der Waals surface area contributed by atoms with Crippen LogP contribution in [0.1, 0.15) is 0 Å². The number of anilines is 3. The Kier molecular flexibility index (Phi) is 6.36. The van der Waals surface area contributed by atoms with Crippen molar-refractivity contribution in [1.29, 1.82) is 0 Å². The minimum absolute atomic E-state index is 0.185. The van der Waals surface area contributed by atoms with E-state index in [1.165, 1.54) is 0 Å². The number of benzene rings is 3. The van der Waals surface area contributed by atoms with Crippen LogP contribution in [0.25, 0.3) is 33.3 Å². The van der Waals surface area contributed by atoms with Crippen molar-refractivity contribution in [3.8, 4) is 39.9 Å². The lowest BCUT2D eigenvalue weighted by Gasteiger charge is -2.13. The van der Waals surface area contributed by atoms with E-state index >= 15 is 0 Å². The molecule has 3 aromatic heterocycles. The van der Waals surface area contributed by atoms with Crippen molar-refractivity contribution in [2.24, 2.45) is 0 Å². The Morgan fingerprint density at radius 2 is 1.49 bits per heavy atom. The maximum absolute atomic E-state index is 6.09.